The van der Waals surface area contributed by atoms with Crippen molar-refractivity contribution in [3.63, 3.8) is 0 Å². The van der Waals surface area contributed by atoms with E-state index in [0.29, 0.717) is 0 Å². The normalized spacial score (nSPS) is 5.71. The minimum Gasteiger partial charge on any atom is -0.299 e. The van der Waals surface area contributed by atoms with Crippen molar-refractivity contribution in [2.24, 2.45) is 0 Å². The van der Waals surface area contributed by atoms with E-state index >= 15 is 0 Å². The van der Waals surface area contributed by atoms with Crippen LogP contribution in [-0.4, -0.2) is 5.78 Å². The molecule has 0 heterocycles. The Morgan fingerprint density at radius 2 is 2.29 bits per heavy atom. The second-order valence-corrected chi connectivity index (χ2v) is 1.04. The third-order valence-electron chi connectivity index (χ3n) is 0.328. The molecule has 0 saturated heterocycles. The van der Waals surface area contributed by atoms with Crippen molar-refractivity contribution >= 4 is 5.78 Å². The predicted molar refractivity (Wildman–Crippen MR) is 20.9 cm³/mol. The SMILES string of the molecule is CC(=O)CC#N.[K+]. The summed E-state index contributed by atoms with van der Waals surface area (Å²) in [6.45, 7) is 1.39. The van der Waals surface area contributed by atoms with Gasteiger partial charge in [-0.15, -0.1) is 0 Å². The summed E-state index contributed by atoms with van der Waals surface area (Å²) in [6, 6.07) is 1.72. The van der Waals surface area contributed by atoms with Crippen molar-refractivity contribution in [3.8, 4) is 6.07 Å². The number of ketones is 1. The molecule has 0 radical (unpaired) electrons. The number of hydrogen-bond donors (Lipinski definition) is 0. The Hall–Kier alpha value is 0.796. The van der Waals surface area contributed by atoms with Crippen LogP contribution in [0.4, 0.5) is 0 Å². The molecule has 0 fully saturated rings. The fraction of sp³-hybridized carbons (Fsp3) is 0.500. The number of carbonyl (C=O) groups excluding carboxylic acids is 1. The minimum atomic E-state index is -0.0718. The second-order valence-electron chi connectivity index (χ2n) is 1.04. The predicted octanol–water partition coefficient (Wildman–Crippen LogP) is -2.51. The molecule has 3 heteroatoms. The molecule has 0 rings (SSSR count). The molecule has 0 aromatic heterocycles. The zero-order valence-electron chi connectivity index (χ0n) is 4.56. The van der Waals surface area contributed by atoms with Crippen LogP contribution in [0.3, 0.4) is 0 Å². The molecular weight excluding hydrogens is 117 g/mol. The molecule has 0 aromatic carbocycles. The average Bonchev–Trinajstić information content (AvgIpc) is 1.35. The first-order valence-electron chi connectivity index (χ1n) is 1.63. The molecule has 32 valence electrons. The van der Waals surface area contributed by atoms with Gasteiger partial charge in [-0.3, -0.25) is 4.79 Å². The first-order chi connectivity index (χ1) is 2.77. The number of carbonyl (C=O) groups is 1. The maximum Gasteiger partial charge on any atom is 1.00 e. The van der Waals surface area contributed by atoms with Crippen LogP contribution >= 0.6 is 0 Å². The topological polar surface area (TPSA) is 40.9 Å². The van der Waals surface area contributed by atoms with E-state index in [1.807, 2.05) is 0 Å². The molecule has 0 unspecified atom stereocenters. The third kappa shape index (κ3) is 10.8. The van der Waals surface area contributed by atoms with Gasteiger partial charge < -0.3 is 0 Å². The summed E-state index contributed by atoms with van der Waals surface area (Å²) < 4.78 is 0. The molecule has 0 aliphatic rings. The fourth-order valence-electron chi connectivity index (χ4n) is 0.111. The van der Waals surface area contributed by atoms with Gasteiger partial charge in [-0.25, -0.2) is 0 Å². The summed E-state index contributed by atoms with van der Waals surface area (Å²) in [7, 11) is 0. The Labute approximate surface area is 85.3 Å². The Balaban J connectivity index is 0. The van der Waals surface area contributed by atoms with Crippen LogP contribution in [-0.2, 0) is 4.79 Å². The van der Waals surface area contributed by atoms with E-state index in [9.17, 15) is 4.79 Å². The van der Waals surface area contributed by atoms with Gasteiger partial charge in [0.05, 0.1) is 12.5 Å². The summed E-state index contributed by atoms with van der Waals surface area (Å²) in [6.07, 6.45) is 0.0417. The molecule has 0 aromatic rings. The van der Waals surface area contributed by atoms with Crippen molar-refractivity contribution in [2.45, 2.75) is 13.3 Å². The van der Waals surface area contributed by atoms with Crippen LogP contribution in [0.25, 0.3) is 0 Å². The van der Waals surface area contributed by atoms with Crippen LogP contribution in [0.15, 0.2) is 0 Å². The molecule has 7 heavy (non-hydrogen) atoms. The van der Waals surface area contributed by atoms with Gasteiger partial charge in [0.15, 0.2) is 0 Å². The second kappa shape index (κ2) is 6.80. The number of hydrogen-bond acceptors (Lipinski definition) is 2. The maximum absolute atomic E-state index is 9.82. The summed E-state index contributed by atoms with van der Waals surface area (Å²) in [5.41, 5.74) is 0. The van der Waals surface area contributed by atoms with Crippen molar-refractivity contribution in [1.29, 1.82) is 5.26 Å². The molecule has 0 saturated carbocycles. The van der Waals surface area contributed by atoms with Gasteiger partial charge in [0.25, 0.3) is 0 Å². The minimum absolute atomic E-state index is 0. The summed E-state index contributed by atoms with van der Waals surface area (Å²) in [5, 5.41) is 7.77. The molecular formula is C4H5KNO+. The van der Waals surface area contributed by atoms with Crippen molar-refractivity contribution in [2.75, 3.05) is 0 Å². The van der Waals surface area contributed by atoms with Crippen molar-refractivity contribution < 1.29 is 56.2 Å². The van der Waals surface area contributed by atoms with E-state index in [1.54, 1.807) is 6.07 Å². The molecule has 0 amide bonds. The van der Waals surface area contributed by atoms with Crippen molar-refractivity contribution in [1.82, 2.24) is 0 Å². The van der Waals surface area contributed by atoms with Crippen LogP contribution in [0.5, 0.6) is 0 Å². The number of nitrogens with zero attached hydrogens (tertiary/aromatic N) is 1. The summed E-state index contributed by atoms with van der Waals surface area (Å²) in [5.74, 6) is -0.0718. The van der Waals surface area contributed by atoms with Gasteiger partial charge in [0.1, 0.15) is 5.78 Å². The Kier molecular flexibility index (Phi) is 10.4. The molecule has 2 nitrogen and oxygen atoms in total. The van der Waals surface area contributed by atoms with E-state index in [-0.39, 0.29) is 63.6 Å². The molecule has 0 aliphatic carbocycles. The van der Waals surface area contributed by atoms with Gasteiger partial charge in [-0.1, -0.05) is 0 Å². The summed E-state index contributed by atoms with van der Waals surface area (Å²) >= 11 is 0. The van der Waals surface area contributed by atoms with Crippen LogP contribution in [0, 0.1) is 11.3 Å². The van der Waals surface area contributed by atoms with Gasteiger partial charge in [-0.05, 0) is 6.92 Å². The molecule has 0 bridgehead atoms. The molecule has 0 atom stereocenters. The Bertz CT molecular complexity index is 94.4. The standard InChI is InChI=1S/C4H5NO.K/c1-4(6)2-3-5;/h2H2,1H3;/q;+1. The average molecular weight is 122 g/mol. The van der Waals surface area contributed by atoms with Crippen LogP contribution < -0.4 is 51.4 Å². The summed E-state index contributed by atoms with van der Waals surface area (Å²) in [4.78, 5) is 9.82. The van der Waals surface area contributed by atoms with Crippen molar-refractivity contribution in [3.05, 3.63) is 0 Å². The Morgan fingerprint density at radius 1 is 1.86 bits per heavy atom. The maximum atomic E-state index is 9.82. The van der Waals surface area contributed by atoms with Gasteiger partial charge in [0, 0.05) is 0 Å². The fourth-order valence-corrected chi connectivity index (χ4v) is 0.111. The molecule has 0 spiro atoms. The van der Waals surface area contributed by atoms with E-state index < -0.39 is 0 Å². The largest absolute Gasteiger partial charge is 1.00 e. The third-order valence-corrected chi connectivity index (χ3v) is 0.328. The van der Waals surface area contributed by atoms with E-state index in [4.69, 9.17) is 5.26 Å². The first-order valence-corrected chi connectivity index (χ1v) is 1.63. The van der Waals surface area contributed by atoms with E-state index in [1.165, 1.54) is 6.92 Å². The van der Waals surface area contributed by atoms with E-state index in [0.717, 1.165) is 0 Å². The monoisotopic (exact) mass is 122 g/mol. The quantitative estimate of drug-likeness (QED) is 0.361. The molecule has 0 aliphatic heterocycles. The van der Waals surface area contributed by atoms with Gasteiger partial charge >= 0.3 is 51.4 Å². The van der Waals surface area contributed by atoms with Crippen LogP contribution in [0.1, 0.15) is 13.3 Å². The van der Waals surface area contributed by atoms with E-state index in [2.05, 4.69) is 0 Å². The number of rotatable bonds is 1. The zero-order valence-corrected chi connectivity index (χ0v) is 7.69. The number of Topliss-reactive ketones (excluding diaryl/α,β-unsaturated/α-hetero) is 1. The van der Waals surface area contributed by atoms with Gasteiger partial charge in [0.2, 0.25) is 0 Å². The Morgan fingerprint density at radius 3 is 2.29 bits per heavy atom. The zero-order chi connectivity index (χ0) is 4.99. The van der Waals surface area contributed by atoms with Gasteiger partial charge in [-0.2, -0.15) is 5.26 Å². The first kappa shape index (κ1) is 10.7. The molecule has 0 N–H and O–H groups in total. The number of nitriles is 1. The van der Waals surface area contributed by atoms with Crippen LogP contribution in [0.2, 0.25) is 0 Å². The smallest absolute Gasteiger partial charge is 0.299 e.